The molecule has 1 atom stereocenters. The Hall–Kier alpha value is -2.86. The first kappa shape index (κ1) is 16.6. The first-order valence-corrected chi connectivity index (χ1v) is 8.71. The van der Waals surface area contributed by atoms with Crippen molar-refractivity contribution in [3.8, 4) is 0 Å². The van der Waals surface area contributed by atoms with Crippen LogP contribution in [0.1, 0.15) is 23.4 Å². The van der Waals surface area contributed by atoms with Crippen molar-refractivity contribution in [2.45, 2.75) is 18.9 Å². The lowest BCUT2D eigenvalue weighted by molar-refractivity contribution is -0.119. The van der Waals surface area contributed by atoms with Gasteiger partial charge in [0.25, 0.3) is 5.91 Å². The zero-order valence-electron chi connectivity index (χ0n) is 13.8. The molecule has 0 aliphatic carbocycles. The maximum absolute atomic E-state index is 12.8. The van der Waals surface area contributed by atoms with Crippen molar-refractivity contribution in [1.82, 2.24) is 9.88 Å². The average Bonchev–Trinajstić information content (AvgIpc) is 3.33. The molecule has 1 aromatic carbocycles. The summed E-state index contributed by atoms with van der Waals surface area (Å²) in [4.78, 5) is 31.3. The Kier molecular flexibility index (Phi) is 4.34. The van der Waals surface area contributed by atoms with Gasteiger partial charge >= 0.3 is 0 Å². The number of nitrogens with one attached hydrogen (secondary N) is 1. The van der Waals surface area contributed by atoms with Crippen LogP contribution in [0.2, 0.25) is 5.02 Å². The van der Waals surface area contributed by atoms with Gasteiger partial charge < -0.3 is 14.6 Å². The number of nitrogens with zero attached hydrogens (tertiary/aromatic N) is 2. The van der Waals surface area contributed by atoms with Gasteiger partial charge in [-0.3, -0.25) is 14.6 Å². The Morgan fingerprint density at radius 1 is 1.27 bits per heavy atom. The van der Waals surface area contributed by atoms with Crippen LogP contribution < -0.4 is 5.32 Å². The minimum absolute atomic E-state index is 0.236. The molecule has 2 amide bonds. The van der Waals surface area contributed by atoms with E-state index < -0.39 is 6.04 Å². The van der Waals surface area contributed by atoms with E-state index in [4.69, 9.17) is 16.0 Å². The smallest absolute Gasteiger partial charge is 0.290 e. The van der Waals surface area contributed by atoms with Crippen LogP contribution in [0.25, 0.3) is 10.9 Å². The summed E-state index contributed by atoms with van der Waals surface area (Å²) in [6.07, 6.45) is 4.47. The van der Waals surface area contributed by atoms with Gasteiger partial charge in [-0.15, -0.1) is 0 Å². The number of carbonyl (C=O) groups excluding carboxylic acids is 2. The normalized spacial score (nSPS) is 16.8. The Morgan fingerprint density at radius 3 is 2.96 bits per heavy atom. The molecule has 1 N–H and O–H groups in total. The van der Waals surface area contributed by atoms with Crippen molar-refractivity contribution in [3.63, 3.8) is 0 Å². The molecule has 4 rings (SSSR count). The minimum Gasteiger partial charge on any atom is -0.459 e. The van der Waals surface area contributed by atoms with E-state index in [1.807, 2.05) is 12.1 Å². The summed E-state index contributed by atoms with van der Waals surface area (Å²) in [5.74, 6) is -0.294. The maximum atomic E-state index is 12.8. The highest BCUT2D eigenvalue weighted by Crippen LogP contribution is 2.28. The standard InChI is InChI=1S/C19H16ClN3O3/c20-13-10-12-4-1-7-21-17(12)14(11-13)22-18(24)15-5-2-8-23(15)19(25)16-6-3-9-26-16/h1,3-4,6-7,9-11,15H,2,5,8H2,(H,22,24)/t15-/m0/s1. The van der Waals surface area contributed by atoms with Gasteiger partial charge in [-0.1, -0.05) is 17.7 Å². The molecule has 0 saturated carbocycles. The Balaban J connectivity index is 1.59. The van der Waals surface area contributed by atoms with E-state index in [2.05, 4.69) is 10.3 Å². The predicted molar refractivity (Wildman–Crippen MR) is 98.1 cm³/mol. The molecule has 0 spiro atoms. The van der Waals surface area contributed by atoms with E-state index in [1.165, 1.54) is 6.26 Å². The van der Waals surface area contributed by atoms with Gasteiger partial charge in [-0.25, -0.2) is 0 Å². The van der Waals surface area contributed by atoms with Gasteiger partial charge in [0.1, 0.15) is 6.04 Å². The van der Waals surface area contributed by atoms with E-state index in [9.17, 15) is 9.59 Å². The summed E-state index contributed by atoms with van der Waals surface area (Å²) in [5.41, 5.74) is 1.20. The first-order chi connectivity index (χ1) is 12.6. The van der Waals surface area contributed by atoms with Gasteiger partial charge in [-0.2, -0.15) is 0 Å². The third-order valence-corrected chi connectivity index (χ3v) is 4.69. The van der Waals surface area contributed by atoms with Gasteiger partial charge in [0.2, 0.25) is 5.91 Å². The van der Waals surface area contributed by atoms with Gasteiger partial charge in [0.05, 0.1) is 17.5 Å². The van der Waals surface area contributed by atoms with Crippen LogP contribution in [0.5, 0.6) is 0 Å². The summed E-state index contributed by atoms with van der Waals surface area (Å²) >= 11 is 6.16. The number of hydrogen-bond acceptors (Lipinski definition) is 4. The topological polar surface area (TPSA) is 75.4 Å². The van der Waals surface area contributed by atoms with Crippen LogP contribution in [-0.2, 0) is 4.79 Å². The molecule has 1 aliphatic rings. The summed E-state index contributed by atoms with van der Waals surface area (Å²) in [5, 5.41) is 4.24. The largest absolute Gasteiger partial charge is 0.459 e. The highest BCUT2D eigenvalue weighted by molar-refractivity contribution is 6.32. The number of amides is 2. The van der Waals surface area contributed by atoms with E-state index in [1.54, 1.807) is 35.4 Å². The Labute approximate surface area is 154 Å². The molecule has 1 saturated heterocycles. The van der Waals surface area contributed by atoms with Gasteiger partial charge in [0, 0.05) is 23.2 Å². The lowest BCUT2D eigenvalue weighted by atomic mass is 10.1. The number of aromatic nitrogens is 1. The lowest BCUT2D eigenvalue weighted by Crippen LogP contribution is -2.43. The zero-order chi connectivity index (χ0) is 18.1. The highest BCUT2D eigenvalue weighted by atomic mass is 35.5. The molecule has 1 aliphatic heterocycles. The van der Waals surface area contributed by atoms with E-state index >= 15 is 0 Å². The fourth-order valence-corrected chi connectivity index (χ4v) is 3.52. The molecule has 3 aromatic rings. The second-order valence-corrected chi connectivity index (χ2v) is 6.59. The number of anilines is 1. The van der Waals surface area contributed by atoms with Gasteiger partial charge in [0.15, 0.2) is 5.76 Å². The number of carbonyl (C=O) groups is 2. The van der Waals surface area contributed by atoms with Crippen LogP contribution in [0, 0.1) is 0 Å². The number of fused-ring (bicyclic) bond motifs is 1. The van der Waals surface area contributed by atoms with Crippen molar-refractivity contribution >= 4 is 40.0 Å². The molecule has 2 aromatic heterocycles. The molecule has 0 unspecified atom stereocenters. The molecule has 132 valence electrons. The molecule has 1 fully saturated rings. The summed E-state index contributed by atoms with van der Waals surface area (Å²) in [6, 6.07) is 9.86. The van der Waals surface area contributed by atoms with E-state index in [-0.39, 0.29) is 17.6 Å². The zero-order valence-corrected chi connectivity index (χ0v) is 14.6. The minimum atomic E-state index is -0.551. The number of halogens is 1. The van der Waals surface area contributed by atoms with Crippen molar-refractivity contribution in [1.29, 1.82) is 0 Å². The Bertz CT molecular complexity index is 971. The second kappa shape index (κ2) is 6.80. The van der Waals surface area contributed by atoms with Crippen LogP contribution >= 0.6 is 11.6 Å². The van der Waals surface area contributed by atoms with Crippen molar-refractivity contribution in [2.75, 3.05) is 11.9 Å². The maximum Gasteiger partial charge on any atom is 0.290 e. The fourth-order valence-electron chi connectivity index (χ4n) is 3.29. The molecular formula is C19H16ClN3O3. The number of hydrogen-bond donors (Lipinski definition) is 1. The summed E-state index contributed by atoms with van der Waals surface area (Å²) in [7, 11) is 0. The molecular weight excluding hydrogens is 354 g/mol. The van der Waals surface area contributed by atoms with E-state index in [0.717, 1.165) is 11.8 Å². The highest BCUT2D eigenvalue weighted by Gasteiger charge is 2.35. The first-order valence-electron chi connectivity index (χ1n) is 8.33. The number of likely N-dealkylation sites (tertiary alicyclic amines) is 1. The van der Waals surface area contributed by atoms with E-state index in [0.29, 0.717) is 29.2 Å². The summed E-state index contributed by atoms with van der Waals surface area (Å²) in [6.45, 7) is 0.520. The predicted octanol–water partition coefficient (Wildman–Crippen LogP) is 3.72. The average molecular weight is 370 g/mol. The fraction of sp³-hybridized carbons (Fsp3) is 0.211. The van der Waals surface area contributed by atoms with Crippen molar-refractivity contribution < 1.29 is 14.0 Å². The third-order valence-electron chi connectivity index (χ3n) is 4.48. The molecule has 0 bridgehead atoms. The SMILES string of the molecule is O=C(Nc1cc(Cl)cc2cccnc12)[C@@H]1CCCN1C(=O)c1ccco1. The second-order valence-electron chi connectivity index (χ2n) is 6.15. The van der Waals surface area contributed by atoms with Crippen LogP contribution in [0.15, 0.2) is 53.3 Å². The number of furan rings is 1. The Morgan fingerprint density at radius 2 is 2.15 bits per heavy atom. The van der Waals surface area contributed by atoms with Crippen LogP contribution in [-0.4, -0.2) is 34.3 Å². The third kappa shape index (κ3) is 3.04. The monoisotopic (exact) mass is 369 g/mol. The van der Waals surface area contributed by atoms with Crippen molar-refractivity contribution in [2.24, 2.45) is 0 Å². The molecule has 7 heteroatoms. The summed E-state index contributed by atoms with van der Waals surface area (Å²) < 4.78 is 5.18. The van der Waals surface area contributed by atoms with Crippen molar-refractivity contribution in [3.05, 3.63) is 59.6 Å². The number of pyridine rings is 1. The van der Waals surface area contributed by atoms with Gasteiger partial charge in [-0.05, 0) is 43.2 Å². The quantitative estimate of drug-likeness (QED) is 0.763. The molecule has 0 radical (unpaired) electrons. The lowest BCUT2D eigenvalue weighted by Gasteiger charge is -2.23. The number of rotatable bonds is 3. The molecule has 26 heavy (non-hydrogen) atoms. The van der Waals surface area contributed by atoms with Crippen LogP contribution in [0.3, 0.4) is 0 Å². The van der Waals surface area contributed by atoms with Crippen LogP contribution in [0.4, 0.5) is 5.69 Å². The number of benzene rings is 1. The molecule has 3 heterocycles. The molecule has 6 nitrogen and oxygen atoms in total.